The number of guanidine groups is 1. The van der Waals surface area contributed by atoms with Crippen molar-refractivity contribution in [1.82, 2.24) is 19.4 Å². The van der Waals surface area contributed by atoms with E-state index in [4.69, 9.17) is 4.99 Å². The zero-order chi connectivity index (χ0) is 21.6. The summed E-state index contributed by atoms with van der Waals surface area (Å²) in [5.41, 5.74) is 1.58. The van der Waals surface area contributed by atoms with E-state index >= 15 is 0 Å². The first kappa shape index (κ1) is 19.0. The molecule has 2 saturated carbocycles. The molecular formula is C21H24N6O3S. The van der Waals surface area contributed by atoms with Gasteiger partial charge in [0.1, 0.15) is 0 Å². The van der Waals surface area contributed by atoms with Crippen LogP contribution in [0.25, 0.3) is 0 Å². The minimum absolute atomic E-state index is 0.0852. The molecule has 4 aliphatic rings. The summed E-state index contributed by atoms with van der Waals surface area (Å²) in [6.07, 6.45) is 7.27. The van der Waals surface area contributed by atoms with Gasteiger partial charge in [-0.05, 0) is 50.8 Å². The molecule has 2 aliphatic heterocycles. The van der Waals surface area contributed by atoms with Crippen molar-refractivity contribution in [3.63, 3.8) is 0 Å². The van der Waals surface area contributed by atoms with Crippen LogP contribution in [0.3, 0.4) is 0 Å². The van der Waals surface area contributed by atoms with Gasteiger partial charge in [0.25, 0.3) is 5.91 Å². The first-order chi connectivity index (χ1) is 14.7. The smallest absolute Gasteiger partial charge is 0.263 e. The standard InChI is InChI=1S/C21H24N6O3S/c1-20(5-6-20)24-31(29,30)15-3-4-17-16(9-15)18(28)26(12-14-10-23-25(2)11-14)19-22-13-21(7-8-21)27(17)19/h3-4,9-11,24H,5-8,12-13H2,1-2H3. The normalized spacial score (nSPS) is 22.4. The molecule has 0 unspecified atom stereocenters. The van der Waals surface area contributed by atoms with Gasteiger partial charge < -0.3 is 4.90 Å². The molecule has 0 atom stereocenters. The lowest BCUT2D eigenvalue weighted by Crippen LogP contribution is -2.53. The fraction of sp³-hybridized carbons (Fsp3) is 0.476. The number of carbonyl (C=O) groups excluding carboxylic acids is 1. The summed E-state index contributed by atoms with van der Waals surface area (Å²) in [7, 11) is -1.87. The molecule has 1 N–H and O–H groups in total. The molecule has 10 heteroatoms. The van der Waals surface area contributed by atoms with E-state index in [9.17, 15) is 13.2 Å². The Morgan fingerprint density at radius 3 is 2.61 bits per heavy atom. The molecule has 9 nitrogen and oxygen atoms in total. The highest BCUT2D eigenvalue weighted by molar-refractivity contribution is 7.89. The Labute approximate surface area is 180 Å². The van der Waals surface area contributed by atoms with Crippen molar-refractivity contribution >= 4 is 27.6 Å². The number of anilines is 1. The summed E-state index contributed by atoms with van der Waals surface area (Å²) >= 11 is 0. The van der Waals surface area contributed by atoms with Crippen molar-refractivity contribution in [2.75, 3.05) is 11.4 Å². The number of aryl methyl sites for hydroxylation is 1. The number of nitrogens with zero attached hydrogens (tertiary/aromatic N) is 5. The monoisotopic (exact) mass is 440 g/mol. The number of hydrogen-bond donors (Lipinski definition) is 1. The number of rotatable bonds is 5. The van der Waals surface area contributed by atoms with Crippen molar-refractivity contribution in [3.8, 4) is 0 Å². The fourth-order valence-electron chi connectivity index (χ4n) is 4.50. The number of sulfonamides is 1. The highest BCUT2D eigenvalue weighted by Crippen LogP contribution is 2.51. The molecule has 1 spiro atoms. The molecule has 1 aromatic carbocycles. The topological polar surface area (TPSA) is 99.9 Å². The second kappa shape index (κ2) is 5.95. The highest BCUT2D eigenvalue weighted by atomic mass is 32.2. The summed E-state index contributed by atoms with van der Waals surface area (Å²) in [6, 6.07) is 4.88. The predicted octanol–water partition coefficient (Wildman–Crippen LogP) is 1.62. The molecule has 1 aromatic heterocycles. The Kier molecular flexibility index (Phi) is 3.65. The number of amides is 1. The third kappa shape index (κ3) is 2.92. The average Bonchev–Trinajstić information content (AvgIpc) is 3.56. The van der Waals surface area contributed by atoms with E-state index < -0.39 is 10.0 Å². The fourth-order valence-corrected chi connectivity index (χ4v) is 5.99. The first-order valence-electron chi connectivity index (χ1n) is 10.5. The van der Waals surface area contributed by atoms with E-state index in [1.54, 1.807) is 27.9 Å². The van der Waals surface area contributed by atoms with Crippen molar-refractivity contribution in [1.29, 1.82) is 0 Å². The summed E-state index contributed by atoms with van der Waals surface area (Å²) in [5, 5.41) is 4.20. The number of hydrogen-bond acceptors (Lipinski definition) is 6. The molecule has 162 valence electrons. The Hall–Kier alpha value is -2.72. The number of fused-ring (bicyclic) bond motifs is 4. The Balaban J connectivity index is 1.43. The number of carbonyl (C=O) groups is 1. The summed E-state index contributed by atoms with van der Waals surface area (Å²) in [5.74, 6) is 0.416. The second-order valence-corrected chi connectivity index (χ2v) is 11.1. The van der Waals surface area contributed by atoms with E-state index in [1.165, 1.54) is 6.07 Å². The number of aromatic nitrogens is 2. The van der Waals surface area contributed by atoms with Crippen LogP contribution in [0.1, 0.15) is 48.5 Å². The average molecular weight is 441 g/mol. The van der Waals surface area contributed by atoms with Crippen LogP contribution < -0.4 is 9.62 Å². The van der Waals surface area contributed by atoms with Gasteiger partial charge in [0, 0.05) is 24.3 Å². The van der Waals surface area contributed by atoms with Crippen LogP contribution in [-0.4, -0.2) is 52.6 Å². The Morgan fingerprint density at radius 1 is 1.19 bits per heavy atom. The SMILES string of the molecule is Cn1cc(CN2C(=O)c3cc(S(=O)(=O)NC4(C)CC4)ccc3N3C2=NCC32CC2)cn1. The summed E-state index contributed by atoms with van der Waals surface area (Å²) in [4.78, 5) is 22.2. The minimum atomic E-state index is -3.70. The maximum absolute atomic E-state index is 13.6. The van der Waals surface area contributed by atoms with Crippen LogP contribution in [0, 0.1) is 0 Å². The van der Waals surface area contributed by atoms with E-state index in [1.807, 2.05) is 20.2 Å². The molecule has 31 heavy (non-hydrogen) atoms. The molecule has 1 amide bonds. The van der Waals surface area contributed by atoms with Crippen LogP contribution in [0.15, 0.2) is 40.5 Å². The largest absolute Gasteiger partial charge is 0.303 e. The molecule has 2 aromatic rings. The summed E-state index contributed by atoms with van der Waals surface area (Å²) in [6.45, 7) is 2.89. The molecule has 0 bridgehead atoms. The van der Waals surface area contributed by atoms with Gasteiger partial charge >= 0.3 is 0 Å². The van der Waals surface area contributed by atoms with E-state index in [2.05, 4.69) is 14.7 Å². The van der Waals surface area contributed by atoms with E-state index in [-0.39, 0.29) is 21.9 Å². The molecule has 6 rings (SSSR count). The number of aliphatic imine (C=N–C) groups is 1. The molecule has 0 saturated heterocycles. The Morgan fingerprint density at radius 2 is 1.97 bits per heavy atom. The predicted molar refractivity (Wildman–Crippen MR) is 114 cm³/mol. The van der Waals surface area contributed by atoms with Gasteiger partial charge in [0.15, 0.2) is 0 Å². The Bertz CT molecular complexity index is 1260. The van der Waals surface area contributed by atoms with Crippen molar-refractivity contribution in [2.45, 2.75) is 55.1 Å². The molecule has 0 radical (unpaired) electrons. The zero-order valence-corrected chi connectivity index (χ0v) is 18.3. The van der Waals surface area contributed by atoms with Gasteiger partial charge in [-0.15, -0.1) is 0 Å². The van der Waals surface area contributed by atoms with Crippen molar-refractivity contribution < 1.29 is 13.2 Å². The quantitative estimate of drug-likeness (QED) is 0.762. The molecule has 3 heterocycles. The summed E-state index contributed by atoms with van der Waals surface area (Å²) < 4.78 is 30.3. The maximum atomic E-state index is 13.6. The van der Waals surface area contributed by atoms with Gasteiger partial charge in [-0.2, -0.15) is 5.10 Å². The lowest BCUT2D eigenvalue weighted by atomic mass is 10.1. The van der Waals surface area contributed by atoms with Gasteiger partial charge in [0.2, 0.25) is 16.0 Å². The van der Waals surface area contributed by atoms with Gasteiger partial charge in [-0.25, -0.2) is 18.1 Å². The van der Waals surface area contributed by atoms with Crippen LogP contribution in [-0.2, 0) is 23.6 Å². The van der Waals surface area contributed by atoms with Gasteiger partial charge in [0.05, 0.1) is 41.0 Å². The van der Waals surface area contributed by atoms with Gasteiger partial charge in [-0.1, -0.05) is 0 Å². The van der Waals surface area contributed by atoms with Crippen LogP contribution in [0.5, 0.6) is 0 Å². The van der Waals surface area contributed by atoms with Crippen LogP contribution >= 0.6 is 0 Å². The van der Waals surface area contributed by atoms with Crippen LogP contribution in [0.4, 0.5) is 5.69 Å². The number of benzene rings is 1. The molecule has 2 fully saturated rings. The molecular weight excluding hydrogens is 416 g/mol. The highest BCUT2D eigenvalue weighted by Gasteiger charge is 2.57. The lowest BCUT2D eigenvalue weighted by Gasteiger charge is -2.39. The number of nitrogens with one attached hydrogen (secondary N) is 1. The lowest BCUT2D eigenvalue weighted by molar-refractivity contribution is 0.0832. The minimum Gasteiger partial charge on any atom is -0.303 e. The van der Waals surface area contributed by atoms with Crippen molar-refractivity contribution in [2.24, 2.45) is 12.0 Å². The first-order valence-corrected chi connectivity index (χ1v) is 12.0. The van der Waals surface area contributed by atoms with Crippen molar-refractivity contribution in [3.05, 3.63) is 41.7 Å². The molecule has 2 aliphatic carbocycles. The zero-order valence-electron chi connectivity index (χ0n) is 17.5. The second-order valence-electron chi connectivity index (χ2n) is 9.43. The van der Waals surface area contributed by atoms with E-state index in [0.717, 1.165) is 36.9 Å². The van der Waals surface area contributed by atoms with Crippen LogP contribution in [0.2, 0.25) is 0 Å². The van der Waals surface area contributed by atoms with E-state index in [0.29, 0.717) is 24.6 Å². The maximum Gasteiger partial charge on any atom is 0.263 e. The third-order valence-corrected chi connectivity index (χ3v) is 8.37. The third-order valence-electron chi connectivity index (χ3n) is 6.73. The van der Waals surface area contributed by atoms with Gasteiger partial charge in [-0.3, -0.25) is 14.4 Å².